The van der Waals surface area contributed by atoms with Crippen molar-refractivity contribution in [3.8, 4) is 17.1 Å². The molecule has 2 amide bonds. The number of carbonyl (C=O) groups excluding carboxylic acids is 1. The van der Waals surface area contributed by atoms with Crippen LogP contribution in [0.5, 0.6) is 5.88 Å². The van der Waals surface area contributed by atoms with Gasteiger partial charge in [-0.15, -0.1) is 0 Å². The van der Waals surface area contributed by atoms with Crippen molar-refractivity contribution >= 4 is 51.1 Å². The molecule has 2 N–H and O–H groups in total. The van der Waals surface area contributed by atoms with Crippen molar-refractivity contribution < 1.29 is 19.4 Å². The van der Waals surface area contributed by atoms with E-state index in [2.05, 4.69) is 26.2 Å². The standard InChI is InChI=1S/C19H18BrCl2N3O4/c1-29-18-12(9-25(19(27)28)8-10-5-6-16(26)23-10)14(21)7-15(24-18)11-3-2-4-13(20)17(11)22/h2-4,7,10H,5-6,8-9H2,1H3,(H,23,26)(H,27,28). The van der Waals surface area contributed by atoms with Crippen LogP contribution < -0.4 is 10.1 Å². The fourth-order valence-corrected chi connectivity index (χ4v) is 3.98. The van der Waals surface area contributed by atoms with Crippen LogP contribution in [0.25, 0.3) is 11.3 Å². The van der Waals surface area contributed by atoms with E-state index in [0.29, 0.717) is 44.2 Å². The second kappa shape index (κ2) is 9.19. The lowest BCUT2D eigenvalue weighted by Crippen LogP contribution is -2.41. The molecule has 1 unspecified atom stereocenters. The van der Waals surface area contributed by atoms with Gasteiger partial charge in [0.25, 0.3) is 0 Å². The van der Waals surface area contributed by atoms with Gasteiger partial charge in [-0.2, -0.15) is 0 Å². The molecule has 0 spiro atoms. The Morgan fingerprint density at radius 3 is 2.83 bits per heavy atom. The second-order valence-electron chi connectivity index (χ2n) is 6.54. The Morgan fingerprint density at radius 1 is 1.45 bits per heavy atom. The van der Waals surface area contributed by atoms with Crippen LogP contribution in [0.3, 0.4) is 0 Å². The summed E-state index contributed by atoms with van der Waals surface area (Å²) in [6, 6.07) is 6.84. The first-order valence-corrected chi connectivity index (χ1v) is 10.3. The number of halogens is 3. The van der Waals surface area contributed by atoms with Gasteiger partial charge in [0.2, 0.25) is 11.8 Å². The van der Waals surface area contributed by atoms with Gasteiger partial charge in [-0.3, -0.25) is 4.79 Å². The number of ether oxygens (including phenoxy) is 1. The van der Waals surface area contributed by atoms with Gasteiger partial charge in [-0.05, 0) is 34.5 Å². The number of aromatic nitrogens is 1. The molecule has 0 aliphatic carbocycles. The summed E-state index contributed by atoms with van der Waals surface area (Å²) in [5.74, 6) is 0.137. The van der Waals surface area contributed by atoms with Crippen LogP contribution in [0.2, 0.25) is 10.0 Å². The van der Waals surface area contributed by atoms with E-state index in [9.17, 15) is 14.7 Å². The molecule has 0 bridgehead atoms. The number of hydrogen-bond donors (Lipinski definition) is 2. The van der Waals surface area contributed by atoms with Crippen LogP contribution in [0, 0.1) is 0 Å². The molecule has 1 aliphatic rings. The molecular weight excluding hydrogens is 485 g/mol. The van der Waals surface area contributed by atoms with E-state index < -0.39 is 6.09 Å². The summed E-state index contributed by atoms with van der Waals surface area (Å²) in [5.41, 5.74) is 1.61. The minimum Gasteiger partial charge on any atom is -0.481 e. The maximum absolute atomic E-state index is 11.7. The zero-order valence-electron chi connectivity index (χ0n) is 15.4. The largest absolute Gasteiger partial charge is 0.481 e. The molecule has 10 heteroatoms. The van der Waals surface area contributed by atoms with E-state index >= 15 is 0 Å². The van der Waals surface area contributed by atoms with Gasteiger partial charge in [-0.1, -0.05) is 35.3 Å². The predicted molar refractivity (Wildman–Crippen MR) is 114 cm³/mol. The van der Waals surface area contributed by atoms with Gasteiger partial charge in [0.15, 0.2) is 0 Å². The zero-order chi connectivity index (χ0) is 21.1. The summed E-state index contributed by atoms with van der Waals surface area (Å²) in [7, 11) is 1.44. The molecule has 3 rings (SSSR count). The van der Waals surface area contributed by atoms with E-state index in [4.69, 9.17) is 27.9 Å². The zero-order valence-corrected chi connectivity index (χ0v) is 18.5. The van der Waals surface area contributed by atoms with Crippen molar-refractivity contribution in [2.75, 3.05) is 13.7 Å². The third-order valence-electron chi connectivity index (χ3n) is 4.60. The fraction of sp³-hybridized carbons (Fsp3) is 0.316. The Labute approximate surface area is 186 Å². The fourth-order valence-electron chi connectivity index (χ4n) is 3.15. The predicted octanol–water partition coefficient (Wildman–Crippen LogP) is 4.59. The number of rotatable bonds is 6. The lowest BCUT2D eigenvalue weighted by molar-refractivity contribution is -0.119. The monoisotopic (exact) mass is 501 g/mol. The molecular formula is C19H18BrCl2N3O4. The number of nitrogens with one attached hydrogen (secondary N) is 1. The highest BCUT2D eigenvalue weighted by Crippen LogP contribution is 2.37. The highest BCUT2D eigenvalue weighted by molar-refractivity contribution is 9.10. The van der Waals surface area contributed by atoms with E-state index in [0.717, 1.165) is 0 Å². The number of nitrogens with zero attached hydrogens (tertiary/aromatic N) is 2. The van der Waals surface area contributed by atoms with Crippen molar-refractivity contribution in [1.82, 2.24) is 15.2 Å². The van der Waals surface area contributed by atoms with E-state index in [-0.39, 0.29) is 30.9 Å². The lowest BCUT2D eigenvalue weighted by Gasteiger charge is -2.24. The molecule has 1 aromatic carbocycles. The first-order chi connectivity index (χ1) is 13.8. The summed E-state index contributed by atoms with van der Waals surface area (Å²) >= 11 is 16.2. The molecule has 2 heterocycles. The minimum atomic E-state index is -1.12. The summed E-state index contributed by atoms with van der Waals surface area (Å²) in [4.78, 5) is 28.8. The summed E-state index contributed by atoms with van der Waals surface area (Å²) < 4.78 is 6.10. The van der Waals surface area contributed by atoms with Gasteiger partial charge in [0.05, 0.1) is 35.0 Å². The average molecular weight is 503 g/mol. The van der Waals surface area contributed by atoms with Crippen molar-refractivity contribution in [3.63, 3.8) is 0 Å². The summed E-state index contributed by atoms with van der Waals surface area (Å²) in [6.07, 6.45) is -0.138. The van der Waals surface area contributed by atoms with Gasteiger partial charge in [0.1, 0.15) is 0 Å². The normalized spacial score (nSPS) is 15.9. The number of pyridine rings is 1. The van der Waals surface area contributed by atoms with Crippen LogP contribution in [0.4, 0.5) is 4.79 Å². The Hall–Kier alpha value is -2.03. The van der Waals surface area contributed by atoms with Crippen LogP contribution in [-0.2, 0) is 11.3 Å². The molecule has 1 saturated heterocycles. The molecule has 1 aliphatic heterocycles. The lowest BCUT2D eigenvalue weighted by atomic mass is 10.1. The van der Waals surface area contributed by atoms with Crippen molar-refractivity contribution in [2.24, 2.45) is 0 Å². The number of methoxy groups -OCH3 is 1. The smallest absolute Gasteiger partial charge is 0.407 e. The number of benzene rings is 1. The molecule has 1 aromatic heterocycles. The van der Waals surface area contributed by atoms with E-state index in [1.807, 2.05) is 12.1 Å². The highest BCUT2D eigenvalue weighted by Gasteiger charge is 2.27. The molecule has 1 atom stereocenters. The third kappa shape index (κ3) is 4.94. The quantitative estimate of drug-likeness (QED) is 0.602. The Bertz CT molecular complexity index is 957. The maximum atomic E-state index is 11.7. The number of hydrogen-bond acceptors (Lipinski definition) is 4. The van der Waals surface area contributed by atoms with Crippen molar-refractivity contribution in [2.45, 2.75) is 25.4 Å². The van der Waals surface area contributed by atoms with Crippen molar-refractivity contribution in [1.29, 1.82) is 0 Å². The van der Waals surface area contributed by atoms with Crippen molar-refractivity contribution in [3.05, 3.63) is 44.3 Å². The Balaban J connectivity index is 1.91. The third-order valence-corrected chi connectivity index (χ3v) is 6.23. The second-order valence-corrected chi connectivity index (χ2v) is 8.18. The number of carbonyl (C=O) groups is 2. The van der Waals surface area contributed by atoms with Crippen LogP contribution in [-0.4, -0.2) is 46.7 Å². The maximum Gasteiger partial charge on any atom is 0.407 e. The highest BCUT2D eigenvalue weighted by atomic mass is 79.9. The van der Waals surface area contributed by atoms with E-state index in [1.165, 1.54) is 12.0 Å². The number of carboxylic acid groups (broad SMARTS) is 1. The molecule has 7 nitrogen and oxygen atoms in total. The van der Waals surface area contributed by atoms with Crippen LogP contribution in [0.1, 0.15) is 18.4 Å². The first-order valence-electron chi connectivity index (χ1n) is 8.75. The average Bonchev–Trinajstić information content (AvgIpc) is 3.09. The Kier molecular flexibility index (Phi) is 6.87. The summed E-state index contributed by atoms with van der Waals surface area (Å²) in [5, 5.41) is 13.2. The Morgan fingerprint density at radius 2 is 2.21 bits per heavy atom. The molecule has 0 radical (unpaired) electrons. The van der Waals surface area contributed by atoms with Gasteiger partial charge in [-0.25, -0.2) is 9.78 Å². The van der Waals surface area contributed by atoms with E-state index in [1.54, 1.807) is 12.1 Å². The first kappa shape index (κ1) is 21.7. The molecule has 2 aromatic rings. The SMILES string of the molecule is COc1nc(-c2cccc(Br)c2Cl)cc(Cl)c1CN(CC1CCC(=O)N1)C(=O)O. The molecule has 29 heavy (non-hydrogen) atoms. The summed E-state index contributed by atoms with van der Waals surface area (Å²) in [6.45, 7) is 0.128. The minimum absolute atomic E-state index is 0.0246. The van der Waals surface area contributed by atoms with Gasteiger partial charge >= 0.3 is 6.09 Å². The number of amides is 2. The van der Waals surface area contributed by atoms with Crippen LogP contribution >= 0.6 is 39.1 Å². The van der Waals surface area contributed by atoms with Gasteiger partial charge < -0.3 is 20.1 Å². The molecule has 0 saturated carbocycles. The van der Waals surface area contributed by atoms with Gasteiger partial charge in [0, 0.05) is 29.0 Å². The van der Waals surface area contributed by atoms with Crippen LogP contribution in [0.15, 0.2) is 28.7 Å². The molecule has 154 valence electrons. The molecule has 1 fully saturated rings. The topological polar surface area (TPSA) is 91.8 Å².